The smallest absolute Gasteiger partial charge is 0.211 e. The van der Waals surface area contributed by atoms with Gasteiger partial charge in [-0.2, -0.15) is 0 Å². The van der Waals surface area contributed by atoms with Gasteiger partial charge < -0.3 is 15.6 Å². The van der Waals surface area contributed by atoms with Crippen molar-refractivity contribution in [1.29, 1.82) is 0 Å². The molecule has 0 bridgehead atoms. The van der Waals surface area contributed by atoms with Crippen LogP contribution in [0, 0.1) is 6.92 Å². The summed E-state index contributed by atoms with van der Waals surface area (Å²) in [5.74, 6) is 0. The molecule has 0 atom stereocenters. The monoisotopic (exact) mass is 376 g/mol. The minimum absolute atomic E-state index is 0.666. The fourth-order valence-electron chi connectivity index (χ4n) is 3.00. The molecule has 134 valence electrons. The first-order chi connectivity index (χ1) is 13.1. The van der Waals surface area contributed by atoms with Gasteiger partial charge in [-0.3, -0.25) is 4.79 Å². The van der Waals surface area contributed by atoms with Gasteiger partial charge in [-0.15, -0.1) is 0 Å². The average molecular weight is 377 g/mol. The minimum Gasteiger partial charge on any atom is -0.355 e. The number of H-pyrrole nitrogens is 1. The molecule has 0 fully saturated rings. The highest BCUT2D eigenvalue weighted by atomic mass is 35.5. The molecule has 4 aromatic rings. The van der Waals surface area contributed by atoms with Crippen molar-refractivity contribution in [2.75, 3.05) is 10.6 Å². The zero-order valence-electron chi connectivity index (χ0n) is 14.6. The largest absolute Gasteiger partial charge is 0.355 e. The Kier molecular flexibility index (Phi) is 4.52. The van der Waals surface area contributed by atoms with Crippen molar-refractivity contribution in [3.63, 3.8) is 0 Å². The Morgan fingerprint density at radius 2 is 1.96 bits per heavy atom. The molecular formula is C21H17ClN4O. The van der Waals surface area contributed by atoms with Crippen molar-refractivity contribution in [3.8, 4) is 11.3 Å². The van der Waals surface area contributed by atoms with Gasteiger partial charge in [-0.1, -0.05) is 29.8 Å². The number of aromatic nitrogens is 2. The number of hydrogen-bond acceptors (Lipinski definition) is 3. The third kappa shape index (κ3) is 3.50. The van der Waals surface area contributed by atoms with E-state index < -0.39 is 0 Å². The van der Waals surface area contributed by atoms with Gasteiger partial charge in [0, 0.05) is 33.5 Å². The number of fused-ring (bicyclic) bond motifs is 1. The predicted octanol–water partition coefficient (Wildman–Crippen LogP) is 5.50. The summed E-state index contributed by atoms with van der Waals surface area (Å²) in [6, 6.07) is 17.3. The van der Waals surface area contributed by atoms with Crippen molar-refractivity contribution in [1.82, 2.24) is 9.97 Å². The maximum Gasteiger partial charge on any atom is 0.211 e. The van der Waals surface area contributed by atoms with E-state index in [2.05, 4.69) is 15.6 Å². The topological polar surface area (TPSA) is 69.8 Å². The average Bonchev–Trinajstić information content (AvgIpc) is 3.13. The molecule has 0 saturated carbocycles. The summed E-state index contributed by atoms with van der Waals surface area (Å²) in [4.78, 5) is 18.6. The van der Waals surface area contributed by atoms with Crippen LogP contribution in [0.25, 0.3) is 22.3 Å². The molecule has 2 heterocycles. The van der Waals surface area contributed by atoms with Crippen LogP contribution >= 0.6 is 11.6 Å². The summed E-state index contributed by atoms with van der Waals surface area (Å²) in [7, 11) is 0. The van der Waals surface area contributed by atoms with E-state index in [0.717, 1.165) is 44.9 Å². The fourth-order valence-corrected chi connectivity index (χ4v) is 3.19. The van der Waals surface area contributed by atoms with E-state index in [1.165, 1.54) is 0 Å². The van der Waals surface area contributed by atoms with Gasteiger partial charge in [0.25, 0.3) is 0 Å². The number of nitrogens with zero attached hydrogens (tertiary/aromatic N) is 1. The predicted molar refractivity (Wildman–Crippen MR) is 111 cm³/mol. The molecule has 5 nitrogen and oxygen atoms in total. The van der Waals surface area contributed by atoms with Crippen molar-refractivity contribution < 1.29 is 4.79 Å². The molecule has 27 heavy (non-hydrogen) atoms. The maximum absolute atomic E-state index is 10.7. The Bertz CT molecular complexity index is 1140. The molecule has 0 spiro atoms. The first-order valence-electron chi connectivity index (χ1n) is 8.46. The molecule has 6 heteroatoms. The number of carbonyl (C=O) groups is 1. The number of pyridine rings is 1. The molecule has 1 amide bonds. The van der Waals surface area contributed by atoms with Crippen molar-refractivity contribution in [2.45, 2.75) is 6.92 Å². The number of amides is 1. The molecular weight excluding hydrogens is 360 g/mol. The Hall–Kier alpha value is -3.31. The Balaban J connectivity index is 1.81. The second-order valence-corrected chi connectivity index (χ2v) is 6.66. The van der Waals surface area contributed by atoms with Crippen molar-refractivity contribution in [3.05, 3.63) is 71.4 Å². The highest BCUT2D eigenvalue weighted by molar-refractivity contribution is 6.30. The Morgan fingerprint density at radius 1 is 1.07 bits per heavy atom. The van der Waals surface area contributed by atoms with Gasteiger partial charge in [0.05, 0.1) is 11.4 Å². The van der Waals surface area contributed by atoms with E-state index in [-0.39, 0.29) is 0 Å². The number of carbonyl (C=O) groups excluding carboxylic acids is 1. The summed E-state index contributed by atoms with van der Waals surface area (Å²) in [6.45, 7) is 2.01. The van der Waals surface area contributed by atoms with Crippen LogP contribution in [0.3, 0.4) is 0 Å². The summed E-state index contributed by atoms with van der Waals surface area (Å²) >= 11 is 6.14. The number of aromatic amines is 1. The van der Waals surface area contributed by atoms with Gasteiger partial charge in [-0.05, 0) is 48.9 Å². The lowest BCUT2D eigenvalue weighted by atomic mass is 10.1. The molecule has 0 aliphatic carbocycles. The molecule has 2 aromatic carbocycles. The van der Waals surface area contributed by atoms with Gasteiger partial charge in [0.15, 0.2) is 0 Å². The molecule has 2 aromatic heterocycles. The van der Waals surface area contributed by atoms with Crippen LogP contribution in [0.1, 0.15) is 5.56 Å². The van der Waals surface area contributed by atoms with E-state index in [0.29, 0.717) is 11.4 Å². The van der Waals surface area contributed by atoms with E-state index in [4.69, 9.17) is 16.6 Å². The lowest BCUT2D eigenvalue weighted by Gasteiger charge is -2.14. The lowest BCUT2D eigenvalue weighted by molar-refractivity contribution is -0.105. The molecule has 0 aliphatic rings. The van der Waals surface area contributed by atoms with Crippen LogP contribution in [0.5, 0.6) is 0 Å². The van der Waals surface area contributed by atoms with Crippen LogP contribution in [0.2, 0.25) is 5.02 Å². The number of hydrogen-bond donors (Lipinski definition) is 3. The normalized spacial score (nSPS) is 10.7. The third-order valence-electron chi connectivity index (χ3n) is 4.38. The van der Waals surface area contributed by atoms with Gasteiger partial charge in [0.1, 0.15) is 5.65 Å². The maximum atomic E-state index is 10.7. The standard InChI is InChI=1S/C21H17ClN4O/c1-13-5-6-16(24-12-27)10-18(13)25-20-11-19(14-3-2-4-15(22)9-14)26-21-17(20)7-8-23-21/h2-12H,1H3,(H,24,27)(H2,23,25,26). The molecule has 0 saturated heterocycles. The van der Waals surface area contributed by atoms with E-state index in [1.807, 2.05) is 67.7 Å². The summed E-state index contributed by atoms with van der Waals surface area (Å²) < 4.78 is 0. The first-order valence-corrected chi connectivity index (χ1v) is 8.84. The zero-order valence-corrected chi connectivity index (χ0v) is 15.3. The van der Waals surface area contributed by atoms with Crippen molar-refractivity contribution >= 4 is 46.1 Å². The Morgan fingerprint density at radius 3 is 2.78 bits per heavy atom. The highest BCUT2D eigenvalue weighted by Crippen LogP contribution is 2.32. The first kappa shape index (κ1) is 17.1. The van der Waals surface area contributed by atoms with Gasteiger partial charge >= 0.3 is 0 Å². The molecule has 0 radical (unpaired) electrons. The Labute approximate surface area is 161 Å². The van der Waals surface area contributed by atoms with Crippen LogP contribution < -0.4 is 10.6 Å². The summed E-state index contributed by atoms with van der Waals surface area (Å²) in [5, 5.41) is 7.80. The molecule has 0 aliphatic heterocycles. The lowest BCUT2D eigenvalue weighted by Crippen LogP contribution is -1.99. The van der Waals surface area contributed by atoms with Crippen LogP contribution in [-0.4, -0.2) is 16.4 Å². The SMILES string of the molecule is Cc1ccc(NC=O)cc1Nc1cc(-c2cccc(Cl)c2)nc2[nH]ccc12. The number of benzene rings is 2. The van der Waals surface area contributed by atoms with E-state index in [1.54, 1.807) is 0 Å². The number of anilines is 3. The molecule has 4 rings (SSSR count). The number of aryl methyl sites for hydroxylation is 1. The number of halogens is 1. The van der Waals surface area contributed by atoms with Gasteiger partial charge in [-0.25, -0.2) is 4.98 Å². The van der Waals surface area contributed by atoms with Gasteiger partial charge in [0.2, 0.25) is 6.41 Å². The summed E-state index contributed by atoms with van der Waals surface area (Å²) in [6.07, 6.45) is 2.53. The number of rotatable bonds is 5. The van der Waals surface area contributed by atoms with Crippen LogP contribution in [0.15, 0.2) is 60.8 Å². The van der Waals surface area contributed by atoms with E-state index in [9.17, 15) is 4.79 Å². The van der Waals surface area contributed by atoms with Crippen LogP contribution in [-0.2, 0) is 4.79 Å². The molecule has 3 N–H and O–H groups in total. The zero-order chi connectivity index (χ0) is 18.8. The van der Waals surface area contributed by atoms with E-state index >= 15 is 0 Å². The number of nitrogens with one attached hydrogen (secondary N) is 3. The van der Waals surface area contributed by atoms with Crippen LogP contribution in [0.4, 0.5) is 17.1 Å². The fraction of sp³-hybridized carbons (Fsp3) is 0.0476. The highest BCUT2D eigenvalue weighted by Gasteiger charge is 2.10. The summed E-state index contributed by atoms with van der Waals surface area (Å²) in [5.41, 5.74) is 6.17. The second-order valence-electron chi connectivity index (χ2n) is 6.22. The molecule has 0 unspecified atom stereocenters. The quantitative estimate of drug-likeness (QED) is 0.402. The van der Waals surface area contributed by atoms with Crippen molar-refractivity contribution in [2.24, 2.45) is 0 Å². The minimum atomic E-state index is 0.666. The second kappa shape index (κ2) is 7.13. The third-order valence-corrected chi connectivity index (χ3v) is 4.62.